The Morgan fingerprint density at radius 1 is 1.25 bits per heavy atom. The van der Waals surface area contributed by atoms with E-state index >= 15 is 0 Å². The van der Waals surface area contributed by atoms with Gasteiger partial charge < -0.3 is 9.88 Å². The summed E-state index contributed by atoms with van der Waals surface area (Å²) < 4.78 is 2.23. The van der Waals surface area contributed by atoms with Gasteiger partial charge in [-0.25, -0.2) is 4.98 Å². The van der Waals surface area contributed by atoms with Crippen molar-refractivity contribution in [2.45, 2.75) is 40.8 Å². The Hall–Kier alpha value is -1.61. The molecule has 0 amide bonds. The second-order valence-electron chi connectivity index (χ2n) is 5.93. The maximum Gasteiger partial charge on any atom is 0.122 e. The Morgan fingerprint density at radius 3 is 2.80 bits per heavy atom. The van der Waals surface area contributed by atoms with Gasteiger partial charge in [-0.05, 0) is 37.4 Å². The normalized spacial score (nSPS) is 11.2. The quantitative estimate of drug-likeness (QED) is 0.873. The highest BCUT2D eigenvalue weighted by Gasteiger charge is 2.06. The van der Waals surface area contributed by atoms with Crippen molar-refractivity contribution >= 4 is 0 Å². The van der Waals surface area contributed by atoms with Crippen LogP contribution in [0, 0.1) is 19.8 Å². The van der Waals surface area contributed by atoms with Crippen LogP contribution in [0.15, 0.2) is 30.6 Å². The first kappa shape index (κ1) is 14.8. The van der Waals surface area contributed by atoms with Crippen molar-refractivity contribution in [3.8, 4) is 0 Å². The van der Waals surface area contributed by atoms with Crippen molar-refractivity contribution in [2.75, 3.05) is 6.54 Å². The summed E-state index contributed by atoms with van der Waals surface area (Å²) in [6.07, 6.45) is 3.95. The predicted octanol–water partition coefficient (Wildman–Crippen LogP) is 3.29. The molecule has 0 saturated carbocycles. The zero-order valence-electron chi connectivity index (χ0n) is 13.0. The summed E-state index contributed by atoms with van der Waals surface area (Å²) in [4.78, 5) is 4.46. The van der Waals surface area contributed by atoms with E-state index in [1.165, 1.54) is 16.7 Å². The molecule has 1 aromatic heterocycles. The lowest BCUT2D eigenvalue weighted by molar-refractivity contribution is 0.533. The van der Waals surface area contributed by atoms with Gasteiger partial charge in [-0.2, -0.15) is 0 Å². The van der Waals surface area contributed by atoms with E-state index in [0.717, 1.165) is 25.5 Å². The van der Waals surface area contributed by atoms with Crippen LogP contribution in [-0.2, 0) is 13.1 Å². The van der Waals surface area contributed by atoms with Gasteiger partial charge in [0.2, 0.25) is 0 Å². The van der Waals surface area contributed by atoms with Crippen LogP contribution in [0.25, 0.3) is 0 Å². The molecule has 0 aliphatic heterocycles. The molecule has 0 aliphatic carbocycles. The number of benzene rings is 1. The summed E-state index contributed by atoms with van der Waals surface area (Å²) >= 11 is 0. The molecular formula is C17H25N3. The predicted molar refractivity (Wildman–Crippen MR) is 83.8 cm³/mol. The van der Waals surface area contributed by atoms with Crippen LogP contribution < -0.4 is 5.32 Å². The van der Waals surface area contributed by atoms with Crippen molar-refractivity contribution in [2.24, 2.45) is 5.92 Å². The molecule has 1 N–H and O–H groups in total. The summed E-state index contributed by atoms with van der Waals surface area (Å²) in [5.74, 6) is 1.77. The fourth-order valence-electron chi connectivity index (χ4n) is 2.28. The summed E-state index contributed by atoms with van der Waals surface area (Å²) in [6.45, 7) is 11.5. The molecule has 0 radical (unpaired) electrons. The second kappa shape index (κ2) is 6.71. The van der Waals surface area contributed by atoms with Crippen LogP contribution in [-0.4, -0.2) is 16.1 Å². The summed E-state index contributed by atoms with van der Waals surface area (Å²) in [6, 6.07) is 6.62. The number of nitrogens with one attached hydrogen (secondary N) is 1. The van der Waals surface area contributed by atoms with E-state index in [0.29, 0.717) is 5.92 Å². The molecule has 1 aromatic carbocycles. The number of nitrogens with zero attached hydrogens (tertiary/aromatic N) is 2. The van der Waals surface area contributed by atoms with Gasteiger partial charge in [0.25, 0.3) is 0 Å². The van der Waals surface area contributed by atoms with Crippen LogP contribution in [0.3, 0.4) is 0 Å². The molecular weight excluding hydrogens is 246 g/mol. The average Bonchev–Trinajstić information content (AvgIpc) is 2.81. The van der Waals surface area contributed by atoms with Gasteiger partial charge >= 0.3 is 0 Å². The second-order valence-corrected chi connectivity index (χ2v) is 5.93. The van der Waals surface area contributed by atoms with Gasteiger partial charge in [-0.15, -0.1) is 0 Å². The van der Waals surface area contributed by atoms with Crippen LogP contribution in [0.2, 0.25) is 0 Å². The molecule has 0 atom stereocenters. The van der Waals surface area contributed by atoms with Crippen molar-refractivity contribution in [1.82, 2.24) is 14.9 Å². The van der Waals surface area contributed by atoms with E-state index in [2.05, 4.69) is 67.0 Å². The van der Waals surface area contributed by atoms with E-state index < -0.39 is 0 Å². The van der Waals surface area contributed by atoms with Gasteiger partial charge in [-0.3, -0.25) is 0 Å². The van der Waals surface area contributed by atoms with Crippen LogP contribution in [0.4, 0.5) is 0 Å². The highest BCUT2D eigenvalue weighted by molar-refractivity contribution is 5.30. The molecule has 0 unspecified atom stereocenters. The van der Waals surface area contributed by atoms with E-state index in [1.54, 1.807) is 0 Å². The molecule has 0 fully saturated rings. The minimum absolute atomic E-state index is 0.664. The van der Waals surface area contributed by atoms with Gasteiger partial charge in [-0.1, -0.05) is 37.6 Å². The number of hydrogen-bond acceptors (Lipinski definition) is 2. The summed E-state index contributed by atoms with van der Waals surface area (Å²) in [5, 5.41) is 3.46. The molecule has 3 nitrogen and oxygen atoms in total. The Kier molecular flexibility index (Phi) is 4.96. The maximum absolute atomic E-state index is 4.46. The first-order valence-electron chi connectivity index (χ1n) is 7.33. The highest BCUT2D eigenvalue weighted by Crippen LogP contribution is 2.13. The van der Waals surface area contributed by atoms with E-state index in [-0.39, 0.29) is 0 Å². The monoisotopic (exact) mass is 271 g/mol. The molecule has 3 heteroatoms. The first-order valence-corrected chi connectivity index (χ1v) is 7.33. The Bertz CT molecular complexity index is 555. The first-order chi connectivity index (χ1) is 9.56. The zero-order chi connectivity index (χ0) is 14.5. The molecule has 0 aliphatic rings. The lowest BCUT2D eigenvalue weighted by atomic mass is 10.1. The smallest absolute Gasteiger partial charge is 0.122 e. The fourth-order valence-corrected chi connectivity index (χ4v) is 2.28. The number of imidazole rings is 1. The number of aromatic nitrogens is 2. The minimum Gasteiger partial charge on any atom is -0.329 e. The standard InChI is InChI=1S/C17H25N3/c1-13(2)10-18-11-17-19-7-8-20(17)12-16-9-14(3)5-6-15(16)4/h5-9,13,18H,10-12H2,1-4H3. The average molecular weight is 271 g/mol. The van der Waals surface area contributed by atoms with Gasteiger partial charge in [0.1, 0.15) is 5.82 Å². The topological polar surface area (TPSA) is 29.9 Å². The highest BCUT2D eigenvalue weighted by atomic mass is 15.1. The van der Waals surface area contributed by atoms with E-state index in [4.69, 9.17) is 0 Å². The van der Waals surface area contributed by atoms with E-state index in [9.17, 15) is 0 Å². The third-order valence-corrected chi connectivity index (χ3v) is 3.48. The molecule has 20 heavy (non-hydrogen) atoms. The Morgan fingerprint density at radius 2 is 2.05 bits per heavy atom. The number of rotatable bonds is 6. The Balaban J connectivity index is 2.06. The molecule has 0 saturated heterocycles. The Labute approximate surface area is 122 Å². The summed E-state index contributed by atoms with van der Waals surface area (Å²) in [5.41, 5.74) is 4.02. The number of aryl methyl sites for hydroxylation is 2. The molecule has 0 spiro atoms. The van der Waals surface area contributed by atoms with Gasteiger partial charge in [0, 0.05) is 18.9 Å². The fraction of sp³-hybridized carbons (Fsp3) is 0.471. The molecule has 2 rings (SSSR count). The van der Waals surface area contributed by atoms with Crippen molar-refractivity contribution < 1.29 is 0 Å². The minimum atomic E-state index is 0.664. The molecule has 2 aromatic rings. The SMILES string of the molecule is Cc1ccc(C)c(Cn2ccnc2CNCC(C)C)c1. The van der Waals surface area contributed by atoms with Gasteiger partial charge in [0.15, 0.2) is 0 Å². The van der Waals surface area contributed by atoms with Crippen LogP contribution in [0.1, 0.15) is 36.4 Å². The third-order valence-electron chi connectivity index (χ3n) is 3.48. The van der Waals surface area contributed by atoms with Crippen LogP contribution in [0.5, 0.6) is 0 Å². The molecule has 108 valence electrons. The summed E-state index contributed by atoms with van der Waals surface area (Å²) in [7, 11) is 0. The van der Waals surface area contributed by atoms with Crippen LogP contribution >= 0.6 is 0 Å². The molecule has 0 bridgehead atoms. The lowest BCUT2D eigenvalue weighted by Gasteiger charge is -2.12. The van der Waals surface area contributed by atoms with Crippen molar-refractivity contribution in [3.05, 3.63) is 53.1 Å². The largest absolute Gasteiger partial charge is 0.329 e. The maximum atomic E-state index is 4.46. The lowest BCUT2D eigenvalue weighted by Crippen LogP contribution is -2.21. The number of hydrogen-bond donors (Lipinski definition) is 1. The van der Waals surface area contributed by atoms with Crippen molar-refractivity contribution in [1.29, 1.82) is 0 Å². The third kappa shape index (κ3) is 3.94. The molecule has 1 heterocycles. The van der Waals surface area contributed by atoms with E-state index in [1.807, 2.05) is 6.20 Å². The zero-order valence-corrected chi connectivity index (χ0v) is 13.0. The van der Waals surface area contributed by atoms with Crippen molar-refractivity contribution in [3.63, 3.8) is 0 Å². The van der Waals surface area contributed by atoms with Gasteiger partial charge in [0.05, 0.1) is 6.54 Å².